The van der Waals surface area contributed by atoms with Crippen LogP contribution in [0.5, 0.6) is 0 Å². The first kappa shape index (κ1) is 13.0. The van der Waals surface area contributed by atoms with Crippen LogP contribution in [-0.4, -0.2) is 19.7 Å². The molecule has 2 aromatic rings. The maximum Gasteiger partial charge on any atom is 0.283 e. The molecule has 0 aliphatic heterocycles. The van der Waals surface area contributed by atoms with Gasteiger partial charge in [-0.3, -0.25) is 10.1 Å². The summed E-state index contributed by atoms with van der Waals surface area (Å²) in [4.78, 5) is 14.5. The van der Waals surface area contributed by atoms with Gasteiger partial charge in [-0.15, -0.1) is 0 Å². The van der Waals surface area contributed by atoms with Crippen LogP contribution in [0, 0.1) is 10.1 Å². The van der Waals surface area contributed by atoms with Gasteiger partial charge in [0.05, 0.1) is 9.40 Å². The second kappa shape index (κ2) is 5.49. The largest absolute Gasteiger partial charge is 0.283 e. The van der Waals surface area contributed by atoms with Crippen molar-refractivity contribution in [2.45, 2.75) is 10.9 Å². The first-order valence-corrected chi connectivity index (χ1v) is 6.75. The molecule has 18 heavy (non-hydrogen) atoms. The van der Waals surface area contributed by atoms with Crippen LogP contribution in [0.2, 0.25) is 0 Å². The number of halogens is 1. The highest BCUT2D eigenvalue weighted by Gasteiger charge is 2.12. The minimum absolute atomic E-state index is 0.0751. The topological polar surface area (TPSA) is 73.8 Å². The van der Waals surface area contributed by atoms with Gasteiger partial charge in [0.15, 0.2) is 5.16 Å². The first-order chi connectivity index (χ1) is 8.58. The standard InChI is InChI=1S/C10H9BrN4O2S/c1-14-10(12-6-13-14)18-5-7-2-3-8(11)9(4-7)15(16)17/h2-4,6H,5H2,1H3. The molecule has 0 spiro atoms. The summed E-state index contributed by atoms with van der Waals surface area (Å²) in [5, 5.41) is 15.5. The quantitative estimate of drug-likeness (QED) is 0.490. The summed E-state index contributed by atoms with van der Waals surface area (Å²) < 4.78 is 2.15. The maximum absolute atomic E-state index is 10.8. The third-order valence-electron chi connectivity index (χ3n) is 2.25. The van der Waals surface area contributed by atoms with Crippen molar-refractivity contribution in [3.05, 3.63) is 44.7 Å². The van der Waals surface area contributed by atoms with Crippen LogP contribution in [0.1, 0.15) is 5.56 Å². The number of hydrogen-bond donors (Lipinski definition) is 0. The monoisotopic (exact) mass is 328 g/mol. The predicted molar refractivity (Wildman–Crippen MR) is 71.4 cm³/mol. The lowest BCUT2D eigenvalue weighted by atomic mass is 10.2. The molecule has 0 saturated carbocycles. The Balaban J connectivity index is 2.13. The molecule has 0 atom stereocenters. The van der Waals surface area contributed by atoms with E-state index in [4.69, 9.17) is 0 Å². The zero-order chi connectivity index (χ0) is 13.1. The second-order valence-electron chi connectivity index (χ2n) is 3.50. The molecule has 0 unspecified atom stereocenters. The molecule has 0 amide bonds. The zero-order valence-electron chi connectivity index (χ0n) is 9.41. The average molecular weight is 329 g/mol. The summed E-state index contributed by atoms with van der Waals surface area (Å²) in [5.74, 6) is 0.612. The highest BCUT2D eigenvalue weighted by Crippen LogP contribution is 2.28. The third kappa shape index (κ3) is 2.88. The number of benzene rings is 1. The van der Waals surface area contributed by atoms with Crippen molar-refractivity contribution < 1.29 is 4.92 Å². The van der Waals surface area contributed by atoms with Gasteiger partial charge in [-0.1, -0.05) is 17.8 Å². The molecule has 1 heterocycles. The van der Waals surface area contributed by atoms with Crippen LogP contribution >= 0.6 is 27.7 Å². The molecule has 1 aromatic heterocycles. The predicted octanol–water partition coefficient (Wildman–Crippen LogP) is 2.78. The van der Waals surface area contributed by atoms with Gasteiger partial charge < -0.3 is 0 Å². The lowest BCUT2D eigenvalue weighted by molar-refractivity contribution is -0.385. The number of aromatic nitrogens is 3. The van der Waals surface area contributed by atoms with Gasteiger partial charge in [0.2, 0.25) is 0 Å². The molecule has 0 aliphatic rings. The molecule has 2 rings (SSSR count). The molecular weight excluding hydrogens is 320 g/mol. The molecule has 0 saturated heterocycles. The first-order valence-electron chi connectivity index (χ1n) is 4.97. The zero-order valence-corrected chi connectivity index (χ0v) is 11.8. The molecule has 0 N–H and O–H groups in total. The minimum Gasteiger partial charge on any atom is -0.258 e. The lowest BCUT2D eigenvalue weighted by Crippen LogP contribution is -1.94. The van der Waals surface area contributed by atoms with Crippen LogP contribution in [0.3, 0.4) is 0 Å². The van der Waals surface area contributed by atoms with E-state index in [9.17, 15) is 10.1 Å². The van der Waals surface area contributed by atoms with Crippen LogP contribution < -0.4 is 0 Å². The number of nitrogens with zero attached hydrogens (tertiary/aromatic N) is 4. The molecule has 94 valence electrons. The normalized spacial score (nSPS) is 10.6. The van der Waals surface area contributed by atoms with Crippen molar-refractivity contribution in [3.63, 3.8) is 0 Å². The molecular formula is C10H9BrN4O2S. The van der Waals surface area contributed by atoms with Crippen LogP contribution in [0.15, 0.2) is 34.2 Å². The van der Waals surface area contributed by atoms with Gasteiger partial charge in [0, 0.05) is 18.9 Å². The highest BCUT2D eigenvalue weighted by atomic mass is 79.9. The average Bonchev–Trinajstić information content (AvgIpc) is 2.73. The molecule has 8 heteroatoms. The number of rotatable bonds is 4. The fraction of sp³-hybridized carbons (Fsp3) is 0.200. The van der Waals surface area contributed by atoms with E-state index in [1.165, 1.54) is 18.1 Å². The van der Waals surface area contributed by atoms with E-state index in [1.54, 1.807) is 23.9 Å². The van der Waals surface area contributed by atoms with E-state index in [-0.39, 0.29) is 5.69 Å². The number of nitro groups is 1. The molecule has 6 nitrogen and oxygen atoms in total. The van der Waals surface area contributed by atoms with Crippen LogP contribution in [-0.2, 0) is 12.8 Å². The van der Waals surface area contributed by atoms with E-state index >= 15 is 0 Å². The van der Waals surface area contributed by atoms with Crippen molar-refractivity contribution in [3.8, 4) is 0 Å². The minimum atomic E-state index is -0.402. The Morgan fingerprint density at radius 1 is 1.56 bits per heavy atom. The Morgan fingerprint density at radius 3 is 2.94 bits per heavy atom. The smallest absolute Gasteiger partial charge is 0.258 e. The molecule has 0 fully saturated rings. The fourth-order valence-corrected chi connectivity index (χ4v) is 2.57. The Labute approximate surface area is 116 Å². The fourth-order valence-electron chi connectivity index (χ4n) is 1.35. The summed E-state index contributed by atoms with van der Waals surface area (Å²) in [6, 6.07) is 5.10. The van der Waals surface area contributed by atoms with Gasteiger partial charge >= 0.3 is 0 Å². The highest BCUT2D eigenvalue weighted by molar-refractivity contribution is 9.10. The summed E-state index contributed by atoms with van der Waals surface area (Å²) in [5.41, 5.74) is 0.948. The molecule has 0 radical (unpaired) electrons. The van der Waals surface area contributed by atoms with Crippen molar-refractivity contribution in [1.29, 1.82) is 0 Å². The van der Waals surface area contributed by atoms with Gasteiger partial charge in [-0.05, 0) is 27.6 Å². The van der Waals surface area contributed by atoms with Crippen LogP contribution in [0.4, 0.5) is 5.69 Å². The van der Waals surface area contributed by atoms with E-state index in [0.29, 0.717) is 10.2 Å². The van der Waals surface area contributed by atoms with E-state index < -0.39 is 4.92 Å². The number of aryl methyl sites for hydroxylation is 1. The van der Waals surface area contributed by atoms with Crippen molar-refractivity contribution >= 4 is 33.4 Å². The summed E-state index contributed by atoms with van der Waals surface area (Å²) in [6.45, 7) is 0. The van der Waals surface area contributed by atoms with Crippen molar-refractivity contribution in [1.82, 2.24) is 14.8 Å². The summed E-state index contributed by atoms with van der Waals surface area (Å²) in [7, 11) is 1.80. The van der Waals surface area contributed by atoms with Gasteiger partial charge in [0.1, 0.15) is 6.33 Å². The Hall–Kier alpha value is -1.41. The Bertz CT molecular complexity index is 587. The van der Waals surface area contributed by atoms with Crippen molar-refractivity contribution in [2.24, 2.45) is 7.05 Å². The number of nitro benzene ring substituents is 1. The second-order valence-corrected chi connectivity index (χ2v) is 5.29. The van der Waals surface area contributed by atoms with Crippen molar-refractivity contribution in [2.75, 3.05) is 0 Å². The number of hydrogen-bond acceptors (Lipinski definition) is 5. The SMILES string of the molecule is Cn1ncnc1SCc1ccc(Br)c([N+](=O)[O-])c1. The molecule has 1 aromatic carbocycles. The summed E-state index contributed by atoms with van der Waals surface area (Å²) >= 11 is 4.64. The van der Waals surface area contributed by atoms with E-state index in [2.05, 4.69) is 26.0 Å². The molecule has 0 aliphatic carbocycles. The Morgan fingerprint density at radius 2 is 2.33 bits per heavy atom. The van der Waals surface area contributed by atoms with Gasteiger partial charge in [-0.25, -0.2) is 9.67 Å². The maximum atomic E-state index is 10.8. The van der Waals surface area contributed by atoms with Gasteiger partial charge in [0.25, 0.3) is 5.69 Å². The lowest BCUT2D eigenvalue weighted by Gasteiger charge is -2.02. The van der Waals surface area contributed by atoms with Gasteiger partial charge in [-0.2, -0.15) is 5.10 Å². The van der Waals surface area contributed by atoms with E-state index in [1.807, 2.05) is 6.07 Å². The molecule has 0 bridgehead atoms. The summed E-state index contributed by atoms with van der Waals surface area (Å²) in [6.07, 6.45) is 1.48. The van der Waals surface area contributed by atoms with E-state index in [0.717, 1.165) is 10.7 Å². The number of thioether (sulfide) groups is 1. The third-order valence-corrected chi connectivity index (χ3v) is 4.02. The van der Waals surface area contributed by atoms with Crippen LogP contribution in [0.25, 0.3) is 0 Å². The Kier molecular flexibility index (Phi) is 3.97.